The molecule has 5 heteroatoms. The van der Waals surface area contributed by atoms with Gasteiger partial charge >= 0.3 is 6.09 Å². The van der Waals surface area contributed by atoms with Crippen molar-refractivity contribution in [3.8, 4) is 0 Å². The topological polar surface area (TPSA) is 58.4 Å². The molecule has 21 heavy (non-hydrogen) atoms. The Morgan fingerprint density at radius 3 is 2.57 bits per heavy atom. The predicted molar refractivity (Wildman–Crippen MR) is 79.7 cm³/mol. The summed E-state index contributed by atoms with van der Waals surface area (Å²) in [5.41, 5.74) is 0.973. The Morgan fingerprint density at radius 1 is 1.10 bits per heavy atom. The summed E-state index contributed by atoms with van der Waals surface area (Å²) in [6.45, 7) is 2.73. The zero-order valence-electron chi connectivity index (χ0n) is 12.2. The molecule has 1 aliphatic heterocycles. The van der Waals surface area contributed by atoms with E-state index in [0.29, 0.717) is 13.0 Å². The number of benzene rings is 1. The van der Waals surface area contributed by atoms with Gasteiger partial charge in [-0.3, -0.25) is 4.79 Å². The first-order valence-electron chi connectivity index (χ1n) is 7.48. The van der Waals surface area contributed by atoms with Crippen LogP contribution in [0.2, 0.25) is 0 Å². The smallest absolute Gasteiger partial charge is 0.407 e. The summed E-state index contributed by atoms with van der Waals surface area (Å²) >= 11 is 0. The average Bonchev–Trinajstić information content (AvgIpc) is 3.34. The van der Waals surface area contributed by atoms with Crippen LogP contribution in [-0.4, -0.2) is 36.5 Å². The number of hydrogen-bond acceptors (Lipinski definition) is 3. The lowest BCUT2D eigenvalue weighted by atomic mass is 10.2. The van der Waals surface area contributed by atoms with Crippen molar-refractivity contribution in [3.05, 3.63) is 35.9 Å². The lowest BCUT2D eigenvalue weighted by molar-refractivity contribution is -0.125. The maximum absolute atomic E-state index is 11.5. The van der Waals surface area contributed by atoms with Crippen molar-refractivity contribution in [2.45, 2.75) is 32.3 Å². The van der Waals surface area contributed by atoms with Crippen molar-refractivity contribution < 1.29 is 14.3 Å². The molecule has 0 aromatic heterocycles. The van der Waals surface area contributed by atoms with Crippen LogP contribution < -0.4 is 5.32 Å². The Labute approximate surface area is 125 Å². The molecule has 1 aromatic rings. The second kappa shape index (κ2) is 8.29. The monoisotopic (exact) mass is 290 g/mol. The maximum Gasteiger partial charge on any atom is 0.407 e. The molecule has 1 aromatic carbocycles. The summed E-state index contributed by atoms with van der Waals surface area (Å²) in [6, 6.07) is 9.58. The second-order valence-corrected chi connectivity index (χ2v) is 5.18. The van der Waals surface area contributed by atoms with E-state index in [1.54, 1.807) is 0 Å². The summed E-state index contributed by atoms with van der Waals surface area (Å²) in [6.07, 6.45) is 2.93. The number of hydrogen-bond donors (Lipinski definition) is 1. The third-order valence-electron chi connectivity index (χ3n) is 3.35. The van der Waals surface area contributed by atoms with Crippen LogP contribution in [0.5, 0.6) is 0 Å². The van der Waals surface area contributed by atoms with Gasteiger partial charge in [0.1, 0.15) is 6.61 Å². The number of carbonyl (C=O) groups excluding carboxylic acids is 2. The molecule has 0 unspecified atom stereocenters. The first kappa shape index (κ1) is 15.4. The van der Waals surface area contributed by atoms with Crippen LogP contribution in [0.3, 0.4) is 0 Å². The van der Waals surface area contributed by atoms with Gasteiger partial charge in [-0.05, 0) is 18.4 Å². The molecule has 1 fully saturated rings. The zero-order valence-corrected chi connectivity index (χ0v) is 12.2. The van der Waals surface area contributed by atoms with Gasteiger partial charge in [0.15, 0.2) is 0 Å². The highest BCUT2D eigenvalue weighted by atomic mass is 16.5. The Kier molecular flexibility index (Phi) is 6.06. The minimum atomic E-state index is -0.390. The highest BCUT2D eigenvalue weighted by molar-refractivity contribution is 5.78. The Hall–Kier alpha value is -2.04. The van der Waals surface area contributed by atoms with E-state index in [-0.39, 0.29) is 18.6 Å². The van der Waals surface area contributed by atoms with Crippen LogP contribution in [0, 0.1) is 0 Å². The minimum Gasteiger partial charge on any atom is -0.445 e. The molecule has 2 rings (SSSR count). The van der Waals surface area contributed by atoms with Crippen LogP contribution in [0.15, 0.2) is 30.3 Å². The minimum absolute atomic E-state index is 0.255. The van der Waals surface area contributed by atoms with Crippen molar-refractivity contribution in [1.29, 1.82) is 0 Å². The highest BCUT2D eigenvalue weighted by Gasteiger charge is 2.22. The molecule has 0 saturated carbocycles. The van der Waals surface area contributed by atoms with Gasteiger partial charge in [-0.2, -0.15) is 0 Å². The molecule has 0 atom stereocenters. The van der Waals surface area contributed by atoms with E-state index in [2.05, 4.69) is 5.32 Å². The molecule has 1 heterocycles. The summed E-state index contributed by atoms with van der Waals surface area (Å²) in [7, 11) is 0. The number of ether oxygens (including phenoxy) is 1. The summed E-state index contributed by atoms with van der Waals surface area (Å²) in [5, 5.41) is 2.72. The molecule has 5 nitrogen and oxygen atoms in total. The number of rotatable bonds is 8. The lowest BCUT2D eigenvalue weighted by Gasteiger charge is -2.07. The number of alkyl carbamates (subject to hydrolysis) is 1. The molecular formula is C16H22N2O3. The van der Waals surface area contributed by atoms with Crippen molar-refractivity contribution >= 4 is 12.0 Å². The van der Waals surface area contributed by atoms with Crippen molar-refractivity contribution in [2.24, 2.45) is 0 Å². The lowest BCUT2D eigenvalue weighted by Crippen LogP contribution is -2.25. The Bertz CT molecular complexity index is 458. The molecule has 1 saturated heterocycles. The fourth-order valence-corrected chi connectivity index (χ4v) is 2.00. The quantitative estimate of drug-likeness (QED) is 0.590. The summed E-state index contributed by atoms with van der Waals surface area (Å²) in [5.74, 6) is 0.255. The normalized spacial score (nSPS) is 12.9. The number of unbranched alkanes of at least 4 members (excludes halogenated alkanes) is 2. The predicted octanol–water partition coefficient (Wildman–Crippen LogP) is 2.32. The summed E-state index contributed by atoms with van der Waals surface area (Å²) < 4.78 is 5.10. The van der Waals surface area contributed by atoms with E-state index in [4.69, 9.17) is 4.74 Å². The van der Waals surface area contributed by atoms with Crippen LogP contribution >= 0.6 is 0 Å². The fraction of sp³-hybridized carbons (Fsp3) is 0.500. The highest BCUT2D eigenvalue weighted by Crippen LogP contribution is 2.09. The Morgan fingerprint density at radius 2 is 1.86 bits per heavy atom. The van der Waals surface area contributed by atoms with Crippen LogP contribution in [0.1, 0.15) is 31.2 Å². The molecule has 114 valence electrons. The average molecular weight is 290 g/mol. The van der Waals surface area contributed by atoms with Crippen LogP contribution in [0.4, 0.5) is 4.79 Å². The standard InChI is InChI=1S/C16H22N2O3/c19-15(18-11-12-18)9-5-2-6-10-17-16(20)21-13-14-7-3-1-4-8-14/h1,3-4,7-8H,2,5-6,9-13H2,(H,17,20). The zero-order chi connectivity index (χ0) is 14.9. The van der Waals surface area contributed by atoms with Gasteiger partial charge < -0.3 is 15.0 Å². The molecule has 0 spiro atoms. The van der Waals surface area contributed by atoms with Gasteiger partial charge in [-0.1, -0.05) is 36.8 Å². The van der Waals surface area contributed by atoms with E-state index in [1.807, 2.05) is 35.2 Å². The SMILES string of the molecule is O=C(NCCCCCC(=O)N1CC1)OCc1ccccc1. The number of carbonyl (C=O) groups is 2. The molecule has 1 aliphatic rings. The number of nitrogens with one attached hydrogen (secondary N) is 1. The maximum atomic E-state index is 11.5. The molecule has 1 N–H and O–H groups in total. The van der Waals surface area contributed by atoms with E-state index >= 15 is 0 Å². The van der Waals surface area contributed by atoms with Gasteiger partial charge in [0.25, 0.3) is 0 Å². The molecule has 0 radical (unpaired) electrons. The van der Waals surface area contributed by atoms with Gasteiger partial charge in [-0.15, -0.1) is 0 Å². The Balaban J connectivity index is 1.44. The summed E-state index contributed by atoms with van der Waals surface area (Å²) in [4.78, 5) is 24.7. The van der Waals surface area contributed by atoms with Gasteiger partial charge in [0.05, 0.1) is 0 Å². The van der Waals surface area contributed by atoms with E-state index in [1.165, 1.54) is 0 Å². The van der Waals surface area contributed by atoms with E-state index in [0.717, 1.165) is 37.9 Å². The third-order valence-corrected chi connectivity index (χ3v) is 3.35. The first-order chi connectivity index (χ1) is 10.3. The number of amides is 2. The van der Waals surface area contributed by atoms with E-state index < -0.39 is 0 Å². The largest absolute Gasteiger partial charge is 0.445 e. The van der Waals surface area contributed by atoms with Gasteiger partial charge in [0, 0.05) is 26.1 Å². The first-order valence-corrected chi connectivity index (χ1v) is 7.48. The van der Waals surface area contributed by atoms with Crippen LogP contribution in [-0.2, 0) is 16.1 Å². The second-order valence-electron chi connectivity index (χ2n) is 5.18. The van der Waals surface area contributed by atoms with Crippen molar-refractivity contribution in [1.82, 2.24) is 10.2 Å². The van der Waals surface area contributed by atoms with Gasteiger partial charge in [0.2, 0.25) is 5.91 Å². The van der Waals surface area contributed by atoms with Crippen molar-refractivity contribution in [2.75, 3.05) is 19.6 Å². The molecule has 2 amide bonds. The molecular weight excluding hydrogens is 268 g/mol. The third kappa shape index (κ3) is 6.29. The van der Waals surface area contributed by atoms with E-state index in [9.17, 15) is 9.59 Å². The fourth-order valence-electron chi connectivity index (χ4n) is 2.00. The van der Waals surface area contributed by atoms with Crippen LogP contribution in [0.25, 0.3) is 0 Å². The van der Waals surface area contributed by atoms with Crippen molar-refractivity contribution in [3.63, 3.8) is 0 Å². The number of nitrogens with zero attached hydrogens (tertiary/aromatic N) is 1. The molecule has 0 bridgehead atoms. The van der Waals surface area contributed by atoms with Gasteiger partial charge in [-0.25, -0.2) is 4.79 Å². The molecule has 0 aliphatic carbocycles.